The number of hydrogen-bond acceptors (Lipinski definition) is 2. The van der Waals surface area contributed by atoms with Gasteiger partial charge < -0.3 is 9.84 Å². The van der Waals surface area contributed by atoms with Crippen molar-refractivity contribution in [1.82, 2.24) is 0 Å². The highest BCUT2D eigenvalue weighted by molar-refractivity contribution is 4.99. The molecule has 0 aromatic heterocycles. The Bertz CT molecular complexity index is 144. The third-order valence-corrected chi connectivity index (χ3v) is 2.31. The molecule has 1 aliphatic heterocycles. The van der Waals surface area contributed by atoms with Crippen molar-refractivity contribution in [2.45, 2.75) is 25.4 Å². The standard InChI is InChI=1S/C9H16O2/c1-3-5-9(10)7-11-6-8(9)4-2/h4,8,10H,2-3,5-7H2,1H3/t8-,9-/m1/s1. The van der Waals surface area contributed by atoms with Crippen LogP contribution in [0, 0.1) is 5.92 Å². The van der Waals surface area contributed by atoms with Gasteiger partial charge in [0.05, 0.1) is 18.8 Å². The van der Waals surface area contributed by atoms with Gasteiger partial charge in [0.2, 0.25) is 0 Å². The van der Waals surface area contributed by atoms with Crippen molar-refractivity contribution in [1.29, 1.82) is 0 Å². The Labute approximate surface area is 67.9 Å². The van der Waals surface area contributed by atoms with Gasteiger partial charge in [-0.2, -0.15) is 0 Å². The van der Waals surface area contributed by atoms with Gasteiger partial charge in [0.15, 0.2) is 0 Å². The Balaban J connectivity index is 2.58. The lowest BCUT2D eigenvalue weighted by molar-refractivity contribution is 0.00334. The van der Waals surface area contributed by atoms with Crippen LogP contribution < -0.4 is 0 Å². The van der Waals surface area contributed by atoms with E-state index in [4.69, 9.17) is 4.74 Å². The summed E-state index contributed by atoms with van der Waals surface area (Å²) in [5.74, 6) is 0.127. The molecule has 11 heavy (non-hydrogen) atoms. The molecule has 0 aromatic rings. The second-order valence-corrected chi connectivity index (χ2v) is 3.21. The summed E-state index contributed by atoms with van der Waals surface area (Å²) in [6, 6.07) is 0. The normalized spacial score (nSPS) is 37.5. The van der Waals surface area contributed by atoms with Crippen LogP contribution in [0.4, 0.5) is 0 Å². The van der Waals surface area contributed by atoms with Crippen molar-refractivity contribution in [3.63, 3.8) is 0 Å². The highest BCUT2D eigenvalue weighted by Crippen LogP contribution is 2.30. The summed E-state index contributed by atoms with van der Waals surface area (Å²) in [5, 5.41) is 9.95. The molecular formula is C9H16O2. The van der Waals surface area contributed by atoms with E-state index in [9.17, 15) is 5.11 Å². The molecule has 1 heterocycles. The average molecular weight is 156 g/mol. The lowest BCUT2D eigenvalue weighted by Crippen LogP contribution is -2.35. The molecule has 0 spiro atoms. The Morgan fingerprint density at radius 1 is 1.82 bits per heavy atom. The zero-order valence-corrected chi connectivity index (χ0v) is 7.05. The van der Waals surface area contributed by atoms with Crippen LogP contribution in [0.15, 0.2) is 12.7 Å². The number of rotatable bonds is 3. The zero-order valence-electron chi connectivity index (χ0n) is 7.05. The summed E-state index contributed by atoms with van der Waals surface area (Å²) in [5.41, 5.74) is -0.628. The largest absolute Gasteiger partial charge is 0.387 e. The van der Waals surface area contributed by atoms with E-state index in [-0.39, 0.29) is 5.92 Å². The summed E-state index contributed by atoms with van der Waals surface area (Å²) in [6.07, 6.45) is 3.59. The Morgan fingerprint density at radius 2 is 2.55 bits per heavy atom. The molecule has 1 rings (SSSR count). The van der Waals surface area contributed by atoms with E-state index in [0.717, 1.165) is 12.8 Å². The molecular weight excluding hydrogens is 140 g/mol. The number of hydrogen-bond donors (Lipinski definition) is 1. The highest BCUT2D eigenvalue weighted by atomic mass is 16.5. The molecule has 2 nitrogen and oxygen atoms in total. The fraction of sp³-hybridized carbons (Fsp3) is 0.778. The predicted molar refractivity (Wildman–Crippen MR) is 44.4 cm³/mol. The molecule has 2 heteroatoms. The lowest BCUT2D eigenvalue weighted by atomic mass is 9.87. The highest BCUT2D eigenvalue weighted by Gasteiger charge is 2.39. The number of aliphatic hydroxyl groups is 1. The molecule has 1 aliphatic rings. The van der Waals surface area contributed by atoms with Gasteiger partial charge in [0.25, 0.3) is 0 Å². The zero-order chi connectivity index (χ0) is 8.32. The van der Waals surface area contributed by atoms with Crippen molar-refractivity contribution in [3.8, 4) is 0 Å². The third kappa shape index (κ3) is 1.63. The van der Waals surface area contributed by atoms with Crippen molar-refractivity contribution >= 4 is 0 Å². The first-order valence-electron chi connectivity index (χ1n) is 4.15. The molecule has 1 saturated heterocycles. The molecule has 1 fully saturated rings. The second-order valence-electron chi connectivity index (χ2n) is 3.21. The molecule has 0 saturated carbocycles. The minimum Gasteiger partial charge on any atom is -0.387 e. The molecule has 0 aliphatic carbocycles. The van der Waals surface area contributed by atoms with Gasteiger partial charge in [0, 0.05) is 5.92 Å². The van der Waals surface area contributed by atoms with Crippen LogP contribution in [0.2, 0.25) is 0 Å². The van der Waals surface area contributed by atoms with E-state index in [2.05, 4.69) is 13.5 Å². The monoisotopic (exact) mass is 156 g/mol. The molecule has 0 aromatic carbocycles. The summed E-state index contributed by atoms with van der Waals surface area (Å²) < 4.78 is 5.19. The minimum atomic E-state index is -0.628. The van der Waals surface area contributed by atoms with Gasteiger partial charge in [-0.1, -0.05) is 19.4 Å². The molecule has 0 radical (unpaired) electrons. The SMILES string of the molecule is C=C[C@@H]1COC[C@]1(O)CCC. The summed E-state index contributed by atoms with van der Waals surface area (Å²) in [6.45, 7) is 6.84. The van der Waals surface area contributed by atoms with Gasteiger partial charge in [-0.05, 0) is 6.42 Å². The summed E-state index contributed by atoms with van der Waals surface area (Å²) >= 11 is 0. The first kappa shape index (κ1) is 8.75. The Hall–Kier alpha value is -0.340. The maximum absolute atomic E-state index is 9.95. The van der Waals surface area contributed by atoms with E-state index in [1.807, 2.05) is 0 Å². The predicted octanol–water partition coefficient (Wildman–Crippen LogP) is 1.35. The van der Waals surface area contributed by atoms with Gasteiger partial charge in [-0.25, -0.2) is 0 Å². The van der Waals surface area contributed by atoms with Gasteiger partial charge in [0.1, 0.15) is 0 Å². The molecule has 2 atom stereocenters. The van der Waals surface area contributed by atoms with Crippen LogP contribution in [0.5, 0.6) is 0 Å². The Morgan fingerprint density at radius 3 is 3.09 bits per heavy atom. The van der Waals surface area contributed by atoms with Crippen molar-refractivity contribution in [3.05, 3.63) is 12.7 Å². The third-order valence-electron chi connectivity index (χ3n) is 2.31. The molecule has 1 N–H and O–H groups in total. The second kappa shape index (κ2) is 3.37. The topological polar surface area (TPSA) is 29.5 Å². The van der Waals surface area contributed by atoms with Crippen LogP contribution in [0.25, 0.3) is 0 Å². The summed E-state index contributed by atoms with van der Waals surface area (Å²) in [7, 11) is 0. The van der Waals surface area contributed by atoms with Crippen molar-refractivity contribution < 1.29 is 9.84 Å². The quantitative estimate of drug-likeness (QED) is 0.625. The maximum Gasteiger partial charge on any atom is 0.0964 e. The first-order chi connectivity index (χ1) is 5.23. The smallest absolute Gasteiger partial charge is 0.0964 e. The fourth-order valence-electron chi connectivity index (χ4n) is 1.60. The van der Waals surface area contributed by atoms with Crippen LogP contribution in [-0.2, 0) is 4.74 Å². The van der Waals surface area contributed by atoms with Gasteiger partial charge >= 0.3 is 0 Å². The lowest BCUT2D eigenvalue weighted by Gasteiger charge is -2.24. The Kier molecular flexibility index (Phi) is 2.68. The number of ether oxygens (including phenoxy) is 1. The van der Waals surface area contributed by atoms with E-state index >= 15 is 0 Å². The van der Waals surface area contributed by atoms with Gasteiger partial charge in [-0.3, -0.25) is 0 Å². The van der Waals surface area contributed by atoms with E-state index in [1.165, 1.54) is 0 Å². The van der Waals surface area contributed by atoms with Crippen molar-refractivity contribution in [2.75, 3.05) is 13.2 Å². The van der Waals surface area contributed by atoms with E-state index in [0.29, 0.717) is 13.2 Å². The molecule has 0 bridgehead atoms. The molecule has 64 valence electrons. The summed E-state index contributed by atoms with van der Waals surface area (Å²) in [4.78, 5) is 0. The average Bonchev–Trinajstić information content (AvgIpc) is 2.31. The van der Waals surface area contributed by atoms with E-state index < -0.39 is 5.60 Å². The first-order valence-corrected chi connectivity index (χ1v) is 4.15. The van der Waals surface area contributed by atoms with Crippen LogP contribution in [0.3, 0.4) is 0 Å². The van der Waals surface area contributed by atoms with Crippen LogP contribution in [-0.4, -0.2) is 23.9 Å². The molecule has 0 unspecified atom stereocenters. The van der Waals surface area contributed by atoms with Crippen molar-refractivity contribution in [2.24, 2.45) is 5.92 Å². The minimum absolute atomic E-state index is 0.127. The van der Waals surface area contributed by atoms with Crippen LogP contribution in [0.1, 0.15) is 19.8 Å². The van der Waals surface area contributed by atoms with E-state index in [1.54, 1.807) is 6.08 Å². The fourth-order valence-corrected chi connectivity index (χ4v) is 1.60. The maximum atomic E-state index is 9.95. The van der Waals surface area contributed by atoms with Crippen LogP contribution >= 0.6 is 0 Å². The molecule has 0 amide bonds. The van der Waals surface area contributed by atoms with Gasteiger partial charge in [-0.15, -0.1) is 6.58 Å².